The van der Waals surface area contributed by atoms with E-state index in [0.29, 0.717) is 28.3 Å². The van der Waals surface area contributed by atoms with E-state index in [4.69, 9.17) is 14.2 Å². The normalized spacial score (nSPS) is 11.4. The molecule has 9 heteroatoms. The van der Waals surface area contributed by atoms with Crippen LogP contribution in [0.1, 0.15) is 16.7 Å². The second kappa shape index (κ2) is 11.1. The molecule has 1 N–H and O–H groups in total. The van der Waals surface area contributed by atoms with Crippen LogP contribution >= 0.6 is 0 Å². The smallest absolute Gasteiger partial charge is 0.416 e. The first kappa shape index (κ1) is 25.2. The lowest BCUT2D eigenvalue weighted by molar-refractivity contribution is -0.137. The fourth-order valence-electron chi connectivity index (χ4n) is 3.14. The summed E-state index contributed by atoms with van der Waals surface area (Å²) in [6, 6.07) is 18.2. The number of rotatable bonds is 8. The topological polar surface area (TPSA) is 80.6 Å². The molecular formula is C26H21F3N2O4. The molecule has 0 aromatic heterocycles. The number of benzene rings is 3. The van der Waals surface area contributed by atoms with Crippen LogP contribution < -0.4 is 19.5 Å². The Morgan fingerprint density at radius 3 is 2.40 bits per heavy atom. The number of ether oxygens (including phenoxy) is 3. The van der Waals surface area contributed by atoms with Crippen LogP contribution in [0.2, 0.25) is 0 Å². The molecule has 0 spiro atoms. The SMILES string of the molecule is COc1ccccc1NC(=O)/C(C#N)=C/c1ccc(OCc2cccc(C(F)(F)F)c2)c(OC)c1. The molecule has 3 aromatic rings. The Kier molecular flexibility index (Phi) is 8.00. The van der Waals surface area contributed by atoms with E-state index in [1.54, 1.807) is 42.5 Å². The lowest BCUT2D eigenvalue weighted by Crippen LogP contribution is -2.14. The Morgan fingerprint density at radius 2 is 1.71 bits per heavy atom. The number of hydrogen-bond acceptors (Lipinski definition) is 5. The van der Waals surface area contributed by atoms with Crippen molar-refractivity contribution >= 4 is 17.7 Å². The first-order valence-corrected chi connectivity index (χ1v) is 10.3. The van der Waals surface area contributed by atoms with Gasteiger partial charge in [0.2, 0.25) is 0 Å². The molecular weight excluding hydrogens is 461 g/mol. The Hall–Kier alpha value is -4.45. The van der Waals surface area contributed by atoms with Crippen LogP contribution in [0, 0.1) is 11.3 Å². The first-order chi connectivity index (χ1) is 16.7. The van der Waals surface area contributed by atoms with Crippen molar-refractivity contribution in [3.05, 3.63) is 89.0 Å². The number of anilines is 1. The highest BCUT2D eigenvalue weighted by Gasteiger charge is 2.30. The van der Waals surface area contributed by atoms with Gasteiger partial charge in [-0.2, -0.15) is 18.4 Å². The van der Waals surface area contributed by atoms with E-state index in [2.05, 4.69) is 5.32 Å². The predicted molar refractivity (Wildman–Crippen MR) is 124 cm³/mol. The van der Waals surface area contributed by atoms with Crippen molar-refractivity contribution in [2.24, 2.45) is 0 Å². The molecule has 0 atom stereocenters. The van der Waals surface area contributed by atoms with Crippen molar-refractivity contribution in [3.63, 3.8) is 0 Å². The van der Waals surface area contributed by atoms with Crippen molar-refractivity contribution < 1.29 is 32.2 Å². The van der Waals surface area contributed by atoms with E-state index in [-0.39, 0.29) is 17.9 Å². The van der Waals surface area contributed by atoms with Crippen LogP contribution in [0.3, 0.4) is 0 Å². The molecule has 180 valence electrons. The standard InChI is InChI=1S/C26H21F3N2O4/c1-33-22-9-4-3-8-21(22)31-25(32)19(15-30)12-17-10-11-23(24(14-17)34-2)35-16-18-6-5-7-20(13-18)26(27,28)29/h3-14H,16H2,1-2H3,(H,31,32)/b19-12+. The number of alkyl halides is 3. The molecule has 1 amide bonds. The highest BCUT2D eigenvalue weighted by atomic mass is 19.4. The number of carbonyl (C=O) groups is 1. The maximum atomic E-state index is 12.9. The minimum absolute atomic E-state index is 0.111. The van der Waals surface area contributed by atoms with Gasteiger partial charge in [-0.05, 0) is 53.6 Å². The zero-order valence-electron chi connectivity index (χ0n) is 18.8. The number of amides is 1. The van der Waals surface area contributed by atoms with Gasteiger partial charge in [-0.15, -0.1) is 0 Å². The van der Waals surface area contributed by atoms with Crippen LogP contribution in [-0.2, 0) is 17.6 Å². The summed E-state index contributed by atoms with van der Waals surface area (Å²) >= 11 is 0. The van der Waals surface area contributed by atoms with Crippen molar-refractivity contribution in [1.29, 1.82) is 5.26 Å². The minimum atomic E-state index is -4.45. The van der Waals surface area contributed by atoms with Crippen LogP contribution in [0.15, 0.2) is 72.3 Å². The monoisotopic (exact) mass is 482 g/mol. The van der Waals surface area contributed by atoms with Crippen molar-refractivity contribution in [2.45, 2.75) is 12.8 Å². The summed E-state index contributed by atoms with van der Waals surface area (Å²) in [5, 5.41) is 12.1. The fraction of sp³-hybridized carbons (Fsp3) is 0.154. The number of halogens is 3. The summed E-state index contributed by atoms with van der Waals surface area (Å²) in [4.78, 5) is 12.6. The van der Waals surface area contributed by atoms with Gasteiger partial charge in [0.25, 0.3) is 5.91 Å². The Labute approximate surface area is 200 Å². The molecule has 3 aromatic carbocycles. The fourth-order valence-corrected chi connectivity index (χ4v) is 3.14. The molecule has 0 fully saturated rings. The van der Waals surface area contributed by atoms with Crippen molar-refractivity contribution in [3.8, 4) is 23.3 Å². The van der Waals surface area contributed by atoms with Gasteiger partial charge in [0, 0.05) is 0 Å². The molecule has 0 aliphatic rings. The largest absolute Gasteiger partial charge is 0.495 e. The maximum absolute atomic E-state index is 12.9. The summed E-state index contributed by atoms with van der Waals surface area (Å²) in [5.74, 6) is 0.398. The third kappa shape index (κ3) is 6.54. The maximum Gasteiger partial charge on any atom is 0.416 e. The third-order valence-electron chi connectivity index (χ3n) is 4.87. The minimum Gasteiger partial charge on any atom is -0.495 e. The third-order valence-corrected chi connectivity index (χ3v) is 4.87. The highest BCUT2D eigenvalue weighted by molar-refractivity contribution is 6.10. The Balaban J connectivity index is 1.76. The van der Waals surface area contributed by atoms with Crippen molar-refractivity contribution in [2.75, 3.05) is 19.5 Å². The van der Waals surface area contributed by atoms with Crippen molar-refractivity contribution in [1.82, 2.24) is 0 Å². The zero-order valence-corrected chi connectivity index (χ0v) is 18.8. The summed E-state index contributed by atoms with van der Waals surface area (Å²) in [6.07, 6.45) is -3.07. The number of carbonyl (C=O) groups excluding carboxylic acids is 1. The van der Waals surface area contributed by atoms with Gasteiger partial charge in [-0.3, -0.25) is 4.79 Å². The predicted octanol–water partition coefficient (Wildman–Crippen LogP) is 5.85. The van der Waals surface area contributed by atoms with E-state index < -0.39 is 17.6 Å². The average Bonchev–Trinajstić information content (AvgIpc) is 2.86. The van der Waals surface area contributed by atoms with Gasteiger partial charge in [0.05, 0.1) is 25.5 Å². The average molecular weight is 482 g/mol. The lowest BCUT2D eigenvalue weighted by atomic mass is 10.1. The number of para-hydroxylation sites is 2. The molecule has 0 radical (unpaired) electrons. The van der Waals surface area contributed by atoms with Crippen LogP contribution in [0.25, 0.3) is 6.08 Å². The number of nitrogens with one attached hydrogen (secondary N) is 1. The second-order valence-electron chi connectivity index (χ2n) is 7.22. The summed E-state index contributed by atoms with van der Waals surface area (Å²) in [5.41, 5.74) is 0.319. The van der Waals surface area contributed by atoms with Gasteiger partial charge >= 0.3 is 6.18 Å². The Bertz CT molecular complexity index is 1280. The number of methoxy groups -OCH3 is 2. The first-order valence-electron chi connectivity index (χ1n) is 10.3. The van der Waals surface area contributed by atoms with E-state index >= 15 is 0 Å². The molecule has 0 bridgehead atoms. The van der Waals surface area contributed by atoms with E-state index in [1.807, 2.05) is 6.07 Å². The summed E-state index contributed by atoms with van der Waals surface area (Å²) in [6.45, 7) is -0.111. The molecule has 6 nitrogen and oxygen atoms in total. The van der Waals surface area contributed by atoms with Crippen LogP contribution in [0.4, 0.5) is 18.9 Å². The lowest BCUT2D eigenvalue weighted by Gasteiger charge is -2.13. The molecule has 3 rings (SSSR count). The molecule has 0 aliphatic carbocycles. The van der Waals surface area contributed by atoms with Gasteiger partial charge in [0.15, 0.2) is 11.5 Å². The number of hydrogen-bond donors (Lipinski definition) is 1. The van der Waals surface area contributed by atoms with Crippen LogP contribution in [0.5, 0.6) is 17.2 Å². The van der Waals surface area contributed by atoms with E-state index in [1.165, 1.54) is 32.4 Å². The molecule has 0 saturated heterocycles. The molecule has 0 aliphatic heterocycles. The van der Waals surface area contributed by atoms with Gasteiger partial charge in [0.1, 0.15) is 24.0 Å². The van der Waals surface area contributed by atoms with E-state index in [9.17, 15) is 23.2 Å². The van der Waals surface area contributed by atoms with Crippen LogP contribution in [-0.4, -0.2) is 20.1 Å². The second-order valence-corrected chi connectivity index (χ2v) is 7.22. The molecule has 35 heavy (non-hydrogen) atoms. The molecule has 0 saturated carbocycles. The van der Waals surface area contributed by atoms with Gasteiger partial charge in [-0.25, -0.2) is 0 Å². The number of nitriles is 1. The zero-order chi connectivity index (χ0) is 25.4. The summed E-state index contributed by atoms with van der Waals surface area (Å²) in [7, 11) is 2.87. The van der Waals surface area contributed by atoms with Gasteiger partial charge in [-0.1, -0.05) is 30.3 Å². The number of nitrogens with zero attached hydrogens (tertiary/aromatic N) is 1. The molecule has 0 heterocycles. The molecule has 0 unspecified atom stereocenters. The highest BCUT2D eigenvalue weighted by Crippen LogP contribution is 2.32. The summed E-state index contributed by atoms with van der Waals surface area (Å²) < 4.78 is 54.9. The Morgan fingerprint density at radius 1 is 0.971 bits per heavy atom. The van der Waals surface area contributed by atoms with E-state index in [0.717, 1.165) is 12.1 Å². The van der Waals surface area contributed by atoms with Gasteiger partial charge < -0.3 is 19.5 Å². The quantitative estimate of drug-likeness (QED) is 0.322.